The average molecular weight is 303 g/mol. The Morgan fingerprint density at radius 3 is 2.71 bits per heavy atom. The number of benzene rings is 1. The second-order valence-corrected chi connectivity index (χ2v) is 4.77. The molecule has 17 heavy (non-hydrogen) atoms. The SMILES string of the molecule is CCCCOCCC(CBr)c1ccccc1F. The highest BCUT2D eigenvalue weighted by atomic mass is 79.9. The van der Waals surface area contributed by atoms with Gasteiger partial charge in [0.2, 0.25) is 0 Å². The van der Waals surface area contributed by atoms with Crippen molar-refractivity contribution in [3.63, 3.8) is 0 Å². The lowest BCUT2D eigenvalue weighted by molar-refractivity contribution is 0.125. The van der Waals surface area contributed by atoms with Gasteiger partial charge >= 0.3 is 0 Å². The standard InChI is InChI=1S/C14H20BrFO/c1-2-3-9-17-10-8-12(11-15)13-6-4-5-7-14(13)16/h4-7,12H,2-3,8-11H2,1H3. The van der Waals surface area contributed by atoms with Crippen LogP contribution in [-0.2, 0) is 4.74 Å². The molecule has 0 saturated carbocycles. The van der Waals surface area contributed by atoms with Crippen LogP contribution in [0.25, 0.3) is 0 Å². The van der Waals surface area contributed by atoms with E-state index in [-0.39, 0.29) is 11.7 Å². The maximum atomic E-state index is 13.6. The van der Waals surface area contributed by atoms with Crippen molar-refractivity contribution < 1.29 is 9.13 Å². The molecule has 0 aromatic heterocycles. The van der Waals surface area contributed by atoms with Crippen LogP contribution in [0.3, 0.4) is 0 Å². The summed E-state index contributed by atoms with van der Waals surface area (Å²) < 4.78 is 19.1. The molecular formula is C14H20BrFO. The summed E-state index contributed by atoms with van der Waals surface area (Å²) in [5.74, 6) is 0.0725. The Bertz CT molecular complexity index is 317. The number of ether oxygens (including phenoxy) is 1. The predicted molar refractivity (Wildman–Crippen MR) is 73.3 cm³/mol. The second-order valence-electron chi connectivity index (χ2n) is 4.13. The highest BCUT2D eigenvalue weighted by molar-refractivity contribution is 9.09. The topological polar surface area (TPSA) is 9.23 Å². The maximum absolute atomic E-state index is 13.6. The summed E-state index contributed by atoms with van der Waals surface area (Å²) in [6, 6.07) is 6.98. The molecule has 0 bridgehead atoms. The van der Waals surface area contributed by atoms with Crippen molar-refractivity contribution >= 4 is 15.9 Å². The molecule has 0 spiro atoms. The number of rotatable bonds is 8. The zero-order valence-corrected chi connectivity index (χ0v) is 11.9. The van der Waals surface area contributed by atoms with Crippen LogP contribution in [0.5, 0.6) is 0 Å². The van der Waals surface area contributed by atoms with E-state index in [9.17, 15) is 4.39 Å². The molecule has 3 heteroatoms. The van der Waals surface area contributed by atoms with Crippen LogP contribution in [0, 0.1) is 5.82 Å². The van der Waals surface area contributed by atoms with Gasteiger partial charge in [-0.05, 0) is 30.4 Å². The molecule has 1 nitrogen and oxygen atoms in total. The summed E-state index contributed by atoms with van der Waals surface area (Å²) in [6.45, 7) is 3.65. The number of unbranched alkanes of at least 4 members (excludes halogenated alkanes) is 1. The maximum Gasteiger partial charge on any atom is 0.126 e. The van der Waals surface area contributed by atoms with Gasteiger partial charge in [0.25, 0.3) is 0 Å². The highest BCUT2D eigenvalue weighted by Crippen LogP contribution is 2.24. The number of hydrogen-bond acceptors (Lipinski definition) is 1. The minimum Gasteiger partial charge on any atom is -0.381 e. The monoisotopic (exact) mass is 302 g/mol. The van der Waals surface area contributed by atoms with Crippen molar-refractivity contribution in [3.05, 3.63) is 35.6 Å². The van der Waals surface area contributed by atoms with Gasteiger partial charge in [-0.2, -0.15) is 0 Å². The first-order valence-corrected chi connectivity index (χ1v) is 7.29. The Balaban J connectivity index is 2.41. The third kappa shape index (κ3) is 5.17. The molecule has 0 aliphatic heterocycles. The fourth-order valence-electron chi connectivity index (χ4n) is 1.70. The lowest BCUT2D eigenvalue weighted by Crippen LogP contribution is -2.08. The first-order chi connectivity index (χ1) is 8.29. The lowest BCUT2D eigenvalue weighted by Gasteiger charge is -2.15. The van der Waals surface area contributed by atoms with Crippen molar-refractivity contribution in [2.24, 2.45) is 0 Å². The van der Waals surface area contributed by atoms with Crippen molar-refractivity contribution in [1.82, 2.24) is 0 Å². The first kappa shape index (κ1) is 14.7. The summed E-state index contributed by atoms with van der Waals surface area (Å²) >= 11 is 3.45. The van der Waals surface area contributed by atoms with Gasteiger partial charge < -0.3 is 4.74 Å². The van der Waals surface area contributed by atoms with Crippen LogP contribution < -0.4 is 0 Å². The average Bonchev–Trinajstić information content (AvgIpc) is 2.35. The Hall–Kier alpha value is -0.410. The first-order valence-electron chi connectivity index (χ1n) is 6.17. The van der Waals surface area contributed by atoms with Crippen LogP contribution in [0.1, 0.15) is 37.7 Å². The highest BCUT2D eigenvalue weighted by Gasteiger charge is 2.13. The summed E-state index contributed by atoms with van der Waals surface area (Å²) in [7, 11) is 0. The van der Waals surface area contributed by atoms with E-state index in [2.05, 4.69) is 22.9 Å². The molecule has 1 unspecified atom stereocenters. The molecule has 0 aliphatic rings. The smallest absolute Gasteiger partial charge is 0.126 e. The third-order valence-electron chi connectivity index (χ3n) is 2.78. The van der Waals surface area contributed by atoms with Crippen LogP contribution in [0.4, 0.5) is 4.39 Å². The third-order valence-corrected chi connectivity index (χ3v) is 3.57. The van der Waals surface area contributed by atoms with Gasteiger partial charge in [0.1, 0.15) is 5.82 Å². The molecule has 0 amide bonds. The second kappa shape index (κ2) is 8.65. The molecule has 96 valence electrons. The van der Waals surface area contributed by atoms with Crippen molar-refractivity contribution in [3.8, 4) is 0 Å². The van der Waals surface area contributed by atoms with Crippen molar-refractivity contribution in [1.29, 1.82) is 0 Å². The Kier molecular flexibility index (Phi) is 7.45. The molecule has 1 aromatic rings. The molecule has 0 radical (unpaired) electrons. The Labute approximate surface area is 111 Å². The van der Waals surface area contributed by atoms with Crippen LogP contribution >= 0.6 is 15.9 Å². The van der Waals surface area contributed by atoms with Crippen molar-refractivity contribution in [2.75, 3.05) is 18.5 Å². The molecular weight excluding hydrogens is 283 g/mol. The number of hydrogen-bond donors (Lipinski definition) is 0. The Morgan fingerprint density at radius 1 is 1.29 bits per heavy atom. The van der Waals surface area contributed by atoms with E-state index in [1.165, 1.54) is 6.07 Å². The van der Waals surface area contributed by atoms with E-state index in [1.54, 1.807) is 6.07 Å². The fraction of sp³-hybridized carbons (Fsp3) is 0.571. The molecule has 0 aliphatic carbocycles. The molecule has 1 aromatic carbocycles. The number of halogens is 2. The predicted octanol–water partition coefficient (Wildman–Crippen LogP) is 4.51. The van der Waals surface area contributed by atoms with Crippen LogP contribution in [0.15, 0.2) is 24.3 Å². The van der Waals surface area contributed by atoms with E-state index in [1.807, 2.05) is 12.1 Å². The summed E-state index contributed by atoms with van der Waals surface area (Å²) in [6.07, 6.45) is 3.10. The van der Waals surface area contributed by atoms with Gasteiger partial charge in [-0.3, -0.25) is 0 Å². The molecule has 1 atom stereocenters. The summed E-state index contributed by atoms with van der Waals surface area (Å²) in [5.41, 5.74) is 0.781. The van der Waals surface area contributed by atoms with Crippen LogP contribution in [0.2, 0.25) is 0 Å². The van der Waals surface area contributed by atoms with E-state index in [0.717, 1.165) is 36.8 Å². The normalized spacial score (nSPS) is 12.6. The minimum absolute atomic E-state index is 0.120. The van der Waals surface area contributed by atoms with E-state index < -0.39 is 0 Å². The van der Waals surface area contributed by atoms with Gasteiger partial charge in [0, 0.05) is 18.5 Å². The Morgan fingerprint density at radius 2 is 2.06 bits per heavy atom. The van der Waals surface area contributed by atoms with Gasteiger partial charge in [0.15, 0.2) is 0 Å². The van der Waals surface area contributed by atoms with E-state index in [4.69, 9.17) is 4.74 Å². The largest absolute Gasteiger partial charge is 0.381 e. The zero-order chi connectivity index (χ0) is 12.5. The van der Waals surface area contributed by atoms with Crippen molar-refractivity contribution in [2.45, 2.75) is 32.1 Å². The fourth-order valence-corrected chi connectivity index (χ4v) is 2.37. The minimum atomic E-state index is -0.120. The molecule has 1 rings (SSSR count). The van der Waals surface area contributed by atoms with Gasteiger partial charge in [0.05, 0.1) is 0 Å². The molecule has 0 heterocycles. The quantitative estimate of drug-likeness (QED) is 0.507. The zero-order valence-electron chi connectivity index (χ0n) is 10.3. The number of alkyl halides is 1. The van der Waals surface area contributed by atoms with Crippen LogP contribution in [-0.4, -0.2) is 18.5 Å². The summed E-state index contributed by atoms with van der Waals surface area (Å²) in [4.78, 5) is 0. The molecule has 0 saturated heterocycles. The molecule has 0 N–H and O–H groups in total. The van der Waals surface area contributed by atoms with Gasteiger partial charge in [-0.15, -0.1) is 0 Å². The lowest BCUT2D eigenvalue weighted by atomic mass is 9.98. The van der Waals surface area contributed by atoms with E-state index >= 15 is 0 Å². The van der Waals surface area contributed by atoms with E-state index in [0.29, 0.717) is 6.61 Å². The van der Waals surface area contributed by atoms with Gasteiger partial charge in [-0.25, -0.2) is 4.39 Å². The summed E-state index contributed by atoms with van der Waals surface area (Å²) in [5, 5.41) is 0.769. The van der Waals surface area contributed by atoms with Gasteiger partial charge in [-0.1, -0.05) is 47.5 Å². The molecule has 0 fully saturated rings.